The third-order valence-corrected chi connectivity index (χ3v) is 6.07. The molecule has 0 aliphatic heterocycles. The Morgan fingerprint density at radius 3 is 1.18 bits per heavy atom. The summed E-state index contributed by atoms with van der Waals surface area (Å²) < 4.78 is 0. The van der Waals surface area contributed by atoms with Crippen LogP contribution in [0.4, 0.5) is 0 Å². The highest BCUT2D eigenvalue weighted by Gasteiger charge is 2.54. The van der Waals surface area contributed by atoms with E-state index in [0.29, 0.717) is 5.92 Å². The summed E-state index contributed by atoms with van der Waals surface area (Å²) in [5, 5.41) is 0. The largest absolute Gasteiger partial charge is 0.0622 e. The number of rotatable bonds is 4. The van der Waals surface area contributed by atoms with Gasteiger partial charge in [0.15, 0.2) is 0 Å². The van der Waals surface area contributed by atoms with Crippen LogP contribution in [0.2, 0.25) is 0 Å². The number of hydrogen-bond acceptors (Lipinski definition) is 0. The average molecular weight is 371 g/mol. The van der Waals surface area contributed by atoms with E-state index < -0.39 is 0 Å². The van der Waals surface area contributed by atoms with E-state index in [0.717, 1.165) is 0 Å². The van der Waals surface area contributed by atoms with E-state index in [2.05, 4.69) is 133 Å². The lowest BCUT2D eigenvalue weighted by Crippen LogP contribution is -2.50. The predicted octanol–water partition coefficient (Wildman–Crippen LogP) is 7.85. The number of benzene rings is 3. The van der Waals surface area contributed by atoms with Gasteiger partial charge in [-0.1, -0.05) is 133 Å². The Kier molecular flexibility index (Phi) is 5.53. The molecule has 0 nitrogen and oxygen atoms in total. The van der Waals surface area contributed by atoms with E-state index in [1.807, 2.05) is 0 Å². The van der Waals surface area contributed by atoms with Crippen LogP contribution in [0, 0.1) is 10.8 Å². The van der Waals surface area contributed by atoms with Gasteiger partial charge in [0.2, 0.25) is 0 Å². The molecule has 0 radical (unpaired) electrons. The second kappa shape index (κ2) is 7.59. The second-order valence-electron chi connectivity index (χ2n) is 10.00. The van der Waals surface area contributed by atoms with Gasteiger partial charge in [-0.3, -0.25) is 0 Å². The van der Waals surface area contributed by atoms with Crippen molar-refractivity contribution in [3.63, 3.8) is 0 Å². The summed E-state index contributed by atoms with van der Waals surface area (Å²) in [4.78, 5) is 0. The summed E-state index contributed by atoms with van der Waals surface area (Å²) in [5.74, 6) is 0.311. The van der Waals surface area contributed by atoms with E-state index in [4.69, 9.17) is 0 Å². The molecule has 1 unspecified atom stereocenters. The van der Waals surface area contributed by atoms with Crippen molar-refractivity contribution in [3.8, 4) is 0 Å². The molecule has 1 atom stereocenters. The van der Waals surface area contributed by atoms with Crippen molar-refractivity contribution in [1.29, 1.82) is 0 Å². The van der Waals surface area contributed by atoms with Crippen molar-refractivity contribution in [3.05, 3.63) is 108 Å². The van der Waals surface area contributed by atoms with E-state index in [1.165, 1.54) is 16.7 Å². The monoisotopic (exact) mass is 370 g/mol. The molecule has 0 saturated carbocycles. The summed E-state index contributed by atoms with van der Waals surface area (Å²) in [6.07, 6.45) is 0. The Labute approximate surface area is 171 Å². The Bertz CT molecular complexity index is 823. The quantitative estimate of drug-likeness (QED) is 0.438. The maximum atomic E-state index is 2.40. The maximum absolute atomic E-state index is 2.40. The molecule has 0 spiro atoms. The highest BCUT2D eigenvalue weighted by Crippen LogP contribution is 2.60. The molecule has 0 N–H and O–H groups in total. The normalized spacial score (nSPS) is 13.9. The number of hydrogen-bond donors (Lipinski definition) is 0. The highest BCUT2D eigenvalue weighted by atomic mass is 14.6. The van der Waals surface area contributed by atoms with Gasteiger partial charge >= 0.3 is 0 Å². The minimum atomic E-state index is -0.172. The molecule has 0 saturated heterocycles. The van der Waals surface area contributed by atoms with Crippen molar-refractivity contribution in [1.82, 2.24) is 0 Å². The van der Waals surface area contributed by atoms with E-state index in [-0.39, 0.29) is 16.2 Å². The van der Waals surface area contributed by atoms with Gasteiger partial charge in [0.25, 0.3) is 0 Å². The lowest BCUT2D eigenvalue weighted by Gasteiger charge is -2.55. The zero-order valence-electron chi connectivity index (χ0n) is 18.2. The first-order chi connectivity index (χ1) is 13.2. The van der Waals surface area contributed by atoms with Crippen LogP contribution >= 0.6 is 0 Å². The standard InChI is InChI=1S/C28H34/c1-26(2,3)25(22-16-10-7-11-17-22)28(27(4,5)6,23-18-12-8-13-19-23)24-20-14-9-15-21-24/h7-21,25H,1-6H3. The van der Waals surface area contributed by atoms with Gasteiger partial charge in [-0.05, 0) is 27.5 Å². The molecule has 0 heteroatoms. The molecule has 0 fully saturated rings. The van der Waals surface area contributed by atoms with E-state index in [1.54, 1.807) is 0 Å². The fraction of sp³-hybridized carbons (Fsp3) is 0.357. The lowest BCUT2D eigenvalue weighted by molar-refractivity contribution is 0.116. The second-order valence-corrected chi connectivity index (χ2v) is 10.00. The van der Waals surface area contributed by atoms with Crippen molar-refractivity contribution < 1.29 is 0 Å². The lowest BCUT2D eigenvalue weighted by atomic mass is 9.47. The van der Waals surface area contributed by atoms with Crippen molar-refractivity contribution in [2.45, 2.75) is 52.9 Å². The molecule has 3 rings (SSSR count). The van der Waals surface area contributed by atoms with Crippen LogP contribution in [0.15, 0.2) is 91.0 Å². The van der Waals surface area contributed by atoms with Crippen LogP contribution in [0.3, 0.4) is 0 Å². The minimum absolute atomic E-state index is 0.00347. The Morgan fingerprint density at radius 1 is 0.500 bits per heavy atom. The van der Waals surface area contributed by atoms with E-state index in [9.17, 15) is 0 Å². The Hall–Kier alpha value is -2.34. The molecule has 3 aromatic rings. The molecular formula is C28H34. The van der Waals surface area contributed by atoms with Gasteiger partial charge in [0.1, 0.15) is 0 Å². The van der Waals surface area contributed by atoms with Gasteiger partial charge in [0, 0.05) is 11.3 Å². The average Bonchev–Trinajstić information content (AvgIpc) is 2.66. The fourth-order valence-electron chi connectivity index (χ4n) is 5.25. The van der Waals surface area contributed by atoms with Crippen LogP contribution in [0.1, 0.15) is 64.2 Å². The van der Waals surface area contributed by atoms with Gasteiger partial charge in [-0.2, -0.15) is 0 Å². The molecule has 0 amide bonds. The molecule has 146 valence electrons. The molecule has 28 heavy (non-hydrogen) atoms. The van der Waals surface area contributed by atoms with Crippen molar-refractivity contribution in [2.24, 2.45) is 10.8 Å². The van der Waals surface area contributed by atoms with Crippen LogP contribution < -0.4 is 0 Å². The van der Waals surface area contributed by atoms with E-state index >= 15 is 0 Å². The molecular weight excluding hydrogens is 336 g/mol. The molecule has 0 bridgehead atoms. The van der Waals surface area contributed by atoms with Crippen LogP contribution in [0.5, 0.6) is 0 Å². The van der Waals surface area contributed by atoms with Crippen molar-refractivity contribution >= 4 is 0 Å². The fourth-order valence-corrected chi connectivity index (χ4v) is 5.25. The van der Waals surface area contributed by atoms with Crippen LogP contribution in [-0.4, -0.2) is 0 Å². The first-order valence-corrected chi connectivity index (χ1v) is 10.3. The zero-order chi connectivity index (χ0) is 20.4. The van der Waals surface area contributed by atoms with Gasteiger partial charge in [-0.15, -0.1) is 0 Å². The SMILES string of the molecule is CC(C)(C)C(c1ccccc1)C(c1ccccc1)(c1ccccc1)C(C)(C)C. The first kappa shape index (κ1) is 20.4. The summed E-state index contributed by atoms with van der Waals surface area (Å²) in [6, 6.07) is 33.3. The summed E-state index contributed by atoms with van der Waals surface area (Å²) in [7, 11) is 0. The third-order valence-electron chi connectivity index (χ3n) is 6.07. The maximum Gasteiger partial charge on any atom is 0.0324 e. The summed E-state index contributed by atoms with van der Waals surface area (Å²) in [5.41, 5.74) is 4.08. The van der Waals surface area contributed by atoms with Crippen LogP contribution in [-0.2, 0) is 5.41 Å². The topological polar surface area (TPSA) is 0 Å². The minimum Gasteiger partial charge on any atom is -0.0622 e. The van der Waals surface area contributed by atoms with Gasteiger partial charge in [-0.25, -0.2) is 0 Å². The van der Waals surface area contributed by atoms with Gasteiger partial charge in [0.05, 0.1) is 0 Å². The van der Waals surface area contributed by atoms with Crippen molar-refractivity contribution in [2.75, 3.05) is 0 Å². The highest BCUT2D eigenvalue weighted by molar-refractivity contribution is 5.48. The predicted molar refractivity (Wildman–Crippen MR) is 122 cm³/mol. The molecule has 0 aliphatic rings. The Morgan fingerprint density at radius 2 is 0.857 bits per heavy atom. The van der Waals surface area contributed by atoms with Crippen LogP contribution in [0.25, 0.3) is 0 Å². The van der Waals surface area contributed by atoms with Gasteiger partial charge < -0.3 is 0 Å². The third kappa shape index (κ3) is 3.53. The first-order valence-electron chi connectivity index (χ1n) is 10.3. The molecule has 0 aliphatic carbocycles. The summed E-state index contributed by atoms with van der Waals surface area (Å²) >= 11 is 0. The summed E-state index contributed by atoms with van der Waals surface area (Å²) in [6.45, 7) is 14.4. The zero-order valence-corrected chi connectivity index (χ0v) is 18.2. The molecule has 0 heterocycles. The Balaban J connectivity index is 2.47. The molecule has 3 aromatic carbocycles. The molecule has 0 aromatic heterocycles. The smallest absolute Gasteiger partial charge is 0.0324 e.